The zero-order valence-corrected chi connectivity index (χ0v) is 17.0. The van der Waals surface area contributed by atoms with Crippen molar-refractivity contribution in [1.29, 1.82) is 0 Å². The number of carbonyl (C=O) groups is 1. The van der Waals surface area contributed by atoms with Crippen LogP contribution in [0.5, 0.6) is 5.75 Å². The van der Waals surface area contributed by atoms with Crippen molar-refractivity contribution in [2.45, 2.75) is 19.4 Å². The SMILES string of the molecule is COCCn1ccc2c(OCC(=O)NCCCc3nnc4ccccn34)cccc21. The molecule has 0 unspecified atom stereocenters. The first-order chi connectivity index (χ1) is 14.8. The zero-order valence-electron chi connectivity index (χ0n) is 17.0. The standard InChI is InChI=1S/C22H25N5O3/c1-29-15-14-26-13-10-17-18(26)6-4-7-19(17)30-16-22(28)23-11-5-9-21-25-24-20-8-2-3-12-27(20)21/h2-4,6-8,10,12-13H,5,9,11,14-16H2,1H3,(H,23,28). The van der Waals surface area contributed by atoms with Crippen LogP contribution in [-0.2, 0) is 22.5 Å². The number of fused-ring (bicyclic) bond motifs is 2. The van der Waals surface area contributed by atoms with Crippen LogP contribution in [0.15, 0.2) is 54.9 Å². The van der Waals surface area contributed by atoms with E-state index in [9.17, 15) is 4.79 Å². The Bertz CT molecular complexity index is 1130. The third kappa shape index (κ3) is 4.44. The molecule has 0 aliphatic carbocycles. The molecular weight excluding hydrogens is 382 g/mol. The maximum atomic E-state index is 12.2. The van der Waals surface area contributed by atoms with E-state index in [1.54, 1.807) is 7.11 Å². The summed E-state index contributed by atoms with van der Waals surface area (Å²) in [6, 6.07) is 13.7. The van der Waals surface area contributed by atoms with Crippen molar-refractivity contribution in [3.8, 4) is 5.75 Å². The molecule has 3 aromatic heterocycles. The van der Waals surface area contributed by atoms with Gasteiger partial charge in [0.25, 0.3) is 5.91 Å². The van der Waals surface area contributed by atoms with Gasteiger partial charge in [-0.05, 0) is 36.8 Å². The molecule has 0 spiro atoms. The number of nitrogens with one attached hydrogen (secondary N) is 1. The van der Waals surface area contributed by atoms with Crippen molar-refractivity contribution in [2.75, 3.05) is 26.9 Å². The number of aryl methyl sites for hydroxylation is 1. The summed E-state index contributed by atoms with van der Waals surface area (Å²) in [4.78, 5) is 12.2. The number of benzene rings is 1. The van der Waals surface area contributed by atoms with E-state index >= 15 is 0 Å². The molecule has 8 nitrogen and oxygen atoms in total. The normalized spacial score (nSPS) is 11.2. The van der Waals surface area contributed by atoms with Crippen molar-refractivity contribution in [3.05, 3.63) is 60.7 Å². The summed E-state index contributed by atoms with van der Waals surface area (Å²) in [5, 5.41) is 12.2. The minimum Gasteiger partial charge on any atom is -0.483 e. The molecule has 0 radical (unpaired) electrons. The second kappa shape index (κ2) is 9.41. The highest BCUT2D eigenvalue weighted by Crippen LogP contribution is 2.26. The molecule has 8 heteroatoms. The summed E-state index contributed by atoms with van der Waals surface area (Å²) >= 11 is 0. The molecule has 1 aromatic carbocycles. The number of amides is 1. The lowest BCUT2D eigenvalue weighted by molar-refractivity contribution is -0.123. The maximum absolute atomic E-state index is 12.2. The molecular formula is C22H25N5O3. The Morgan fingerprint density at radius 2 is 2.03 bits per heavy atom. The third-order valence-corrected chi connectivity index (χ3v) is 4.95. The van der Waals surface area contributed by atoms with Gasteiger partial charge in [0.05, 0.1) is 12.1 Å². The average Bonchev–Trinajstić information content (AvgIpc) is 3.38. The van der Waals surface area contributed by atoms with E-state index in [0.29, 0.717) is 18.9 Å². The summed E-state index contributed by atoms with van der Waals surface area (Å²) in [6.07, 6.45) is 5.46. The summed E-state index contributed by atoms with van der Waals surface area (Å²) < 4.78 is 15.0. The van der Waals surface area contributed by atoms with Crippen molar-refractivity contribution < 1.29 is 14.3 Å². The van der Waals surface area contributed by atoms with Gasteiger partial charge >= 0.3 is 0 Å². The van der Waals surface area contributed by atoms with Crippen LogP contribution in [0.4, 0.5) is 0 Å². The van der Waals surface area contributed by atoms with Gasteiger partial charge in [-0.15, -0.1) is 10.2 Å². The molecule has 0 fully saturated rings. The molecule has 4 rings (SSSR count). The fourth-order valence-electron chi connectivity index (χ4n) is 3.44. The second-order valence-corrected chi connectivity index (χ2v) is 6.98. The highest BCUT2D eigenvalue weighted by Gasteiger charge is 2.09. The first-order valence-corrected chi connectivity index (χ1v) is 10.0. The molecule has 1 N–H and O–H groups in total. The molecule has 0 saturated carbocycles. The number of carbonyl (C=O) groups excluding carboxylic acids is 1. The summed E-state index contributed by atoms with van der Waals surface area (Å²) in [5.74, 6) is 1.45. The Kier molecular flexibility index (Phi) is 6.24. The van der Waals surface area contributed by atoms with Gasteiger partial charge in [-0.3, -0.25) is 9.20 Å². The largest absolute Gasteiger partial charge is 0.483 e. The molecule has 3 heterocycles. The van der Waals surface area contributed by atoms with Gasteiger partial charge in [0.1, 0.15) is 11.6 Å². The van der Waals surface area contributed by atoms with Crippen molar-refractivity contribution in [2.24, 2.45) is 0 Å². The van der Waals surface area contributed by atoms with E-state index in [1.165, 1.54) is 0 Å². The Morgan fingerprint density at radius 3 is 2.93 bits per heavy atom. The van der Waals surface area contributed by atoms with Gasteiger partial charge in [0, 0.05) is 44.4 Å². The predicted molar refractivity (Wildman–Crippen MR) is 114 cm³/mol. The Labute approximate surface area is 174 Å². The predicted octanol–water partition coefficient (Wildman–Crippen LogP) is 2.46. The molecule has 156 valence electrons. The van der Waals surface area contributed by atoms with E-state index in [2.05, 4.69) is 20.1 Å². The minimum absolute atomic E-state index is 0.0176. The number of aromatic nitrogens is 4. The molecule has 0 aliphatic heterocycles. The highest BCUT2D eigenvalue weighted by atomic mass is 16.5. The molecule has 30 heavy (non-hydrogen) atoms. The van der Waals surface area contributed by atoms with Crippen LogP contribution in [0.1, 0.15) is 12.2 Å². The van der Waals surface area contributed by atoms with Gasteiger partial charge in [-0.1, -0.05) is 12.1 Å². The first kappa shape index (κ1) is 19.9. The third-order valence-electron chi connectivity index (χ3n) is 4.95. The lowest BCUT2D eigenvalue weighted by Gasteiger charge is -2.09. The van der Waals surface area contributed by atoms with E-state index in [0.717, 1.165) is 41.8 Å². The van der Waals surface area contributed by atoms with Crippen LogP contribution in [0.3, 0.4) is 0 Å². The van der Waals surface area contributed by atoms with Crippen molar-refractivity contribution in [3.63, 3.8) is 0 Å². The van der Waals surface area contributed by atoms with E-state index in [-0.39, 0.29) is 12.5 Å². The lowest BCUT2D eigenvalue weighted by atomic mass is 10.2. The number of hydrogen-bond donors (Lipinski definition) is 1. The molecule has 0 atom stereocenters. The summed E-state index contributed by atoms with van der Waals surface area (Å²) in [6.45, 7) is 1.95. The Balaban J connectivity index is 1.25. The monoisotopic (exact) mass is 407 g/mol. The van der Waals surface area contributed by atoms with E-state index in [4.69, 9.17) is 9.47 Å². The minimum atomic E-state index is -0.142. The molecule has 1 amide bonds. The maximum Gasteiger partial charge on any atom is 0.257 e. The Hall–Kier alpha value is -3.39. The van der Waals surface area contributed by atoms with Gasteiger partial charge in [-0.25, -0.2) is 0 Å². The molecule has 0 saturated heterocycles. The summed E-state index contributed by atoms with van der Waals surface area (Å²) in [7, 11) is 1.69. The molecule has 0 bridgehead atoms. The topological polar surface area (TPSA) is 82.7 Å². The lowest BCUT2D eigenvalue weighted by Crippen LogP contribution is -2.30. The quantitative estimate of drug-likeness (QED) is 0.408. The van der Waals surface area contributed by atoms with Gasteiger partial charge in [-0.2, -0.15) is 0 Å². The number of hydrogen-bond acceptors (Lipinski definition) is 5. The fraction of sp³-hybridized carbons (Fsp3) is 0.318. The van der Waals surface area contributed by atoms with Crippen LogP contribution in [0.25, 0.3) is 16.6 Å². The van der Waals surface area contributed by atoms with E-state index in [1.807, 2.05) is 59.3 Å². The number of rotatable bonds is 10. The van der Waals surface area contributed by atoms with Crippen LogP contribution in [-0.4, -0.2) is 51.9 Å². The molecule has 4 aromatic rings. The van der Waals surface area contributed by atoms with Gasteiger partial charge < -0.3 is 19.4 Å². The smallest absolute Gasteiger partial charge is 0.257 e. The molecule has 0 aliphatic rings. The van der Waals surface area contributed by atoms with Crippen LogP contribution >= 0.6 is 0 Å². The van der Waals surface area contributed by atoms with E-state index < -0.39 is 0 Å². The van der Waals surface area contributed by atoms with Crippen molar-refractivity contribution >= 4 is 22.5 Å². The number of methoxy groups -OCH3 is 1. The summed E-state index contributed by atoms with van der Waals surface area (Å²) in [5.41, 5.74) is 1.89. The van der Waals surface area contributed by atoms with Gasteiger partial charge in [0.15, 0.2) is 12.3 Å². The van der Waals surface area contributed by atoms with Gasteiger partial charge in [0.2, 0.25) is 0 Å². The second-order valence-electron chi connectivity index (χ2n) is 6.98. The first-order valence-electron chi connectivity index (χ1n) is 10.0. The highest BCUT2D eigenvalue weighted by molar-refractivity contribution is 5.87. The number of nitrogens with zero attached hydrogens (tertiary/aromatic N) is 4. The number of pyridine rings is 1. The fourth-order valence-corrected chi connectivity index (χ4v) is 3.44. The van der Waals surface area contributed by atoms with Crippen molar-refractivity contribution in [1.82, 2.24) is 24.5 Å². The average molecular weight is 407 g/mol. The zero-order chi connectivity index (χ0) is 20.8. The Morgan fingerprint density at radius 1 is 1.10 bits per heavy atom. The van der Waals surface area contributed by atoms with Crippen LogP contribution in [0.2, 0.25) is 0 Å². The van der Waals surface area contributed by atoms with Crippen LogP contribution < -0.4 is 10.1 Å². The number of ether oxygens (including phenoxy) is 2. The van der Waals surface area contributed by atoms with Crippen LogP contribution in [0, 0.1) is 0 Å².